The summed E-state index contributed by atoms with van der Waals surface area (Å²) in [5.74, 6) is 0. The van der Waals surface area contributed by atoms with Crippen molar-refractivity contribution in [3.05, 3.63) is 58.9 Å². The molecule has 0 saturated carbocycles. The number of fused-ring (bicyclic) bond motifs is 1. The lowest BCUT2D eigenvalue weighted by molar-refractivity contribution is 0.396. The van der Waals surface area contributed by atoms with E-state index in [9.17, 15) is 0 Å². The molecule has 0 aromatic heterocycles. The minimum absolute atomic E-state index is 0.931. The first-order valence-corrected chi connectivity index (χ1v) is 12.4. The lowest BCUT2D eigenvalue weighted by Crippen LogP contribution is -2.29. The molecule has 32 heavy (non-hydrogen) atoms. The summed E-state index contributed by atoms with van der Waals surface area (Å²) in [6.07, 6.45) is 9.42. The summed E-state index contributed by atoms with van der Waals surface area (Å²) >= 11 is 0. The van der Waals surface area contributed by atoms with Crippen LogP contribution in [0.1, 0.15) is 61.8 Å². The van der Waals surface area contributed by atoms with Crippen LogP contribution in [0.2, 0.25) is 0 Å². The Morgan fingerprint density at radius 3 is 2.00 bits per heavy atom. The van der Waals surface area contributed by atoms with Crippen molar-refractivity contribution in [3.63, 3.8) is 0 Å². The van der Waals surface area contributed by atoms with E-state index in [0.717, 1.165) is 26.4 Å². The van der Waals surface area contributed by atoms with Gasteiger partial charge in [0.05, 0.1) is 24.7 Å². The molecule has 0 amide bonds. The van der Waals surface area contributed by atoms with Crippen LogP contribution in [0.4, 0.5) is 22.7 Å². The molecule has 2 aliphatic heterocycles. The molecule has 0 radical (unpaired) electrons. The smallest absolute Gasteiger partial charge is 0.0953 e. The maximum Gasteiger partial charge on any atom is 0.0953 e. The lowest BCUT2D eigenvalue weighted by atomic mass is 10.0. The molecular formula is C28H40N4. The van der Waals surface area contributed by atoms with Crippen molar-refractivity contribution < 1.29 is 0 Å². The Hall–Kier alpha value is -2.62. The Balaban J connectivity index is 1.68. The number of rotatable bonds is 8. The summed E-state index contributed by atoms with van der Waals surface area (Å²) in [5.41, 5.74) is 10.8. The van der Waals surface area contributed by atoms with Crippen LogP contribution < -0.4 is 14.7 Å². The van der Waals surface area contributed by atoms with Crippen molar-refractivity contribution in [2.45, 2.75) is 67.2 Å². The summed E-state index contributed by atoms with van der Waals surface area (Å²) in [6, 6.07) is 9.56. The number of anilines is 4. The largest absolute Gasteiger partial charge is 0.358 e. The average molecular weight is 433 g/mol. The summed E-state index contributed by atoms with van der Waals surface area (Å²) in [7, 11) is 0. The van der Waals surface area contributed by atoms with Crippen LogP contribution in [-0.2, 0) is 0 Å². The van der Waals surface area contributed by atoms with E-state index < -0.39 is 0 Å². The molecule has 0 spiro atoms. The molecule has 2 aromatic rings. The van der Waals surface area contributed by atoms with Gasteiger partial charge in [-0.1, -0.05) is 32.8 Å². The van der Waals surface area contributed by atoms with Crippen LogP contribution in [-0.4, -0.2) is 31.3 Å². The van der Waals surface area contributed by atoms with Crippen molar-refractivity contribution in [2.75, 3.05) is 41.1 Å². The van der Waals surface area contributed by atoms with E-state index in [1.54, 1.807) is 0 Å². The molecule has 0 saturated heterocycles. The van der Waals surface area contributed by atoms with Crippen LogP contribution in [0.5, 0.6) is 0 Å². The number of nitrogens with zero attached hydrogens (tertiary/aromatic N) is 4. The van der Waals surface area contributed by atoms with E-state index in [1.165, 1.54) is 70.7 Å². The maximum absolute atomic E-state index is 2.56. The van der Waals surface area contributed by atoms with E-state index in [1.807, 2.05) is 0 Å². The molecule has 4 nitrogen and oxygen atoms in total. The van der Waals surface area contributed by atoms with Crippen LogP contribution in [0.25, 0.3) is 0 Å². The van der Waals surface area contributed by atoms with Crippen molar-refractivity contribution >= 4 is 22.7 Å². The van der Waals surface area contributed by atoms with E-state index in [-0.39, 0.29) is 0 Å². The zero-order valence-electron chi connectivity index (χ0n) is 20.9. The maximum atomic E-state index is 2.56. The standard InChI is InChI=1S/C28H40N4/c1-7-9-11-29-13-14-31(19-29)25-18-26(24(6)15-23(25)5)32-20-30(12-10-8-2)27-16-21(3)22(4)17-28(27)32/h13-18H,7-12,19-20H2,1-6H3. The molecule has 2 aliphatic rings. The fourth-order valence-corrected chi connectivity index (χ4v) is 4.88. The monoisotopic (exact) mass is 432 g/mol. The van der Waals surface area contributed by atoms with Crippen LogP contribution in [0.15, 0.2) is 36.7 Å². The van der Waals surface area contributed by atoms with Crippen molar-refractivity contribution in [2.24, 2.45) is 0 Å². The highest BCUT2D eigenvalue weighted by atomic mass is 15.4. The summed E-state index contributed by atoms with van der Waals surface area (Å²) < 4.78 is 0. The topological polar surface area (TPSA) is 13.0 Å². The molecule has 0 aliphatic carbocycles. The number of unbranched alkanes of at least 4 members (excludes halogenated alkanes) is 2. The second-order valence-corrected chi connectivity index (χ2v) is 9.61. The second-order valence-electron chi connectivity index (χ2n) is 9.61. The molecule has 0 fully saturated rings. The van der Waals surface area contributed by atoms with Gasteiger partial charge in [0.1, 0.15) is 0 Å². The Bertz CT molecular complexity index is 993. The van der Waals surface area contributed by atoms with Gasteiger partial charge >= 0.3 is 0 Å². The van der Waals surface area contributed by atoms with Gasteiger partial charge in [0.15, 0.2) is 0 Å². The van der Waals surface area contributed by atoms with Crippen molar-refractivity contribution in [3.8, 4) is 0 Å². The number of hydrogen-bond donors (Lipinski definition) is 0. The molecule has 0 bridgehead atoms. The van der Waals surface area contributed by atoms with Gasteiger partial charge in [0, 0.05) is 36.9 Å². The molecule has 4 heteroatoms. The minimum Gasteiger partial charge on any atom is -0.358 e. The Labute approximate surface area is 195 Å². The fraction of sp³-hybridized carbons (Fsp3) is 0.500. The highest BCUT2D eigenvalue weighted by molar-refractivity contribution is 5.86. The molecule has 2 aromatic carbocycles. The first-order valence-electron chi connectivity index (χ1n) is 12.4. The summed E-state index contributed by atoms with van der Waals surface area (Å²) in [6.45, 7) is 17.6. The van der Waals surface area contributed by atoms with Crippen molar-refractivity contribution in [1.29, 1.82) is 0 Å². The van der Waals surface area contributed by atoms with E-state index in [0.29, 0.717) is 0 Å². The van der Waals surface area contributed by atoms with Crippen LogP contribution in [0.3, 0.4) is 0 Å². The molecule has 0 atom stereocenters. The SMILES string of the molecule is CCCCN1C=CN(c2cc(N3CN(CCCC)c4cc(C)c(C)cc43)c(C)cc2C)C1. The van der Waals surface area contributed by atoms with Gasteiger partial charge in [-0.05, 0) is 81.0 Å². The second kappa shape index (κ2) is 9.48. The zero-order valence-corrected chi connectivity index (χ0v) is 20.9. The number of benzene rings is 2. The Morgan fingerprint density at radius 2 is 1.28 bits per heavy atom. The first kappa shape index (κ1) is 22.6. The molecule has 0 N–H and O–H groups in total. The lowest BCUT2D eigenvalue weighted by Gasteiger charge is -2.27. The molecular weight excluding hydrogens is 392 g/mol. The summed E-state index contributed by atoms with van der Waals surface area (Å²) in [5, 5.41) is 0. The zero-order chi connectivity index (χ0) is 22.8. The predicted octanol–water partition coefficient (Wildman–Crippen LogP) is 6.99. The fourth-order valence-electron chi connectivity index (χ4n) is 4.88. The predicted molar refractivity (Wildman–Crippen MR) is 139 cm³/mol. The van der Waals surface area contributed by atoms with Gasteiger partial charge in [0.2, 0.25) is 0 Å². The third kappa shape index (κ3) is 4.32. The van der Waals surface area contributed by atoms with Gasteiger partial charge in [-0.25, -0.2) is 0 Å². The quantitative estimate of drug-likeness (QED) is 0.446. The summed E-state index contributed by atoms with van der Waals surface area (Å²) in [4.78, 5) is 9.92. The number of hydrogen-bond acceptors (Lipinski definition) is 4. The molecule has 2 heterocycles. The van der Waals surface area contributed by atoms with Gasteiger partial charge in [-0.2, -0.15) is 0 Å². The third-order valence-electron chi connectivity index (χ3n) is 7.02. The normalized spacial score (nSPS) is 15.3. The minimum atomic E-state index is 0.931. The number of aryl methyl sites for hydroxylation is 4. The Morgan fingerprint density at radius 1 is 0.625 bits per heavy atom. The van der Waals surface area contributed by atoms with Crippen molar-refractivity contribution in [1.82, 2.24) is 4.90 Å². The van der Waals surface area contributed by atoms with Gasteiger partial charge in [-0.3, -0.25) is 0 Å². The highest BCUT2D eigenvalue weighted by Crippen LogP contribution is 2.44. The molecule has 0 unspecified atom stereocenters. The molecule has 4 rings (SSSR count). The van der Waals surface area contributed by atoms with Gasteiger partial charge in [0.25, 0.3) is 0 Å². The Kier molecular flexibility index (Phi) is 6.68. The van der Waals surface area contributed by atoms with Crippen LogP contribution in [0, 0.1) is 27.7 Å². The van der Waals surface area contributed by atoms with Gasteiger partial charge in [-0.15, -0.1) is 0 Å². The first-order chi connectivity index (χ1) is 15.4. The van der Waals surface area contributed by atoms with Crippen LogP contribution >= 0.6 is 0 Å². The van der Waals surface area contributed by atoms with Gasteiger partial charge < -0.3 is 19.6 Å². The third-order valence-corrected chi connectivity index (χ3v) is 7.02. The van der Waals surface area contributed by atoms with E-state index in [4.69, 9.17) is 0 Å². The highest BCUT2D eigenvalue weighted by Gasteiger charge is 2.29. The van der Waals surface area contributed by atoms with E-state index >= 15 is 0 Å². The molecule has 172 valence electrons. The average Bonchev–Trinajstić information content (AvgIpc) is 3.36. The van der Waals surface area contributed by atoms with E-state index in [2.05, 4.69) is 97.8 Å².